The molecule has 0 radical (unpaired) electrons. The van der Waals surface area contributed by atoms with E-state index in [0.29, 0.717) is 19.5 Å². The van der Waals surface area contributed by atoms with Crippen LogP contribution in [0.4, 0.5) is 13.2 Å². The number of aromatic nitrogens is 2. The van der Waals surface area contributed by atoms with Gasteiger partial charge in [-0.1, -0.05) is 0 Å². The van der Waals surface area contributed by atoms with Crippen molar-refractivity contribution in [3.05, 3.63) is 18.2 Å². The summed E-state index contributed by atoms with van der Waals surface area (Å²) in [5, 5.41) is 3.06. The molecule has 92 valence electrons. The van der Waals surface area contributed by atoms with Crippen LogP contribution in [0.1, 0.15) is 25.1 Å². The topological polar surface area (TPSA) is 29.9 Å². The Morgan fingerprint density at radius 3 is 2.69 bits per heavy atom. The molecule has 0 spiro atoms. The van der Waals surface area contributed by atoms with Crippen LogP contribution in [0.3, 0.4) is 0 Å². The first-order valence-electron chi connectivity index (χ1n) is 5.23. The Balaban J connectivity index is 2.03. The fourth-order valence-electron chi connectivity index (χ4n) is 1.34. The molecule has 0 saturated heterocycles. The van der Waals surface area contributed by atoms with Crippen LogP contribution in [-0.4, -0.2) is 22.3 Å². The molecule has 1 heterocycles. The highest BCUT2D eigenvalue weighted by atomic mass is 19.4. The minimum absolute atomic E-state index is 0.178. The summed E-state index contributed by atoms with van der Waals surface area (Å²) in [5.74, 6) is 0.885. The van der Waals surface area contributed by atoms with Crippen LogP contribution in [0.15, 0.2) is 12.4 Å². The summed E-state index contributed by atoms with van der Waals surface area (Å²) in [6, 6.07) is 0. The van der Waals surface area contributed by atoms with Gasteiger partial charge in [-0.25, -0.2) is 4.98 Å². The monoisotopic (exact) mass is 235 g/mol. The third-order valence-corrected chi connectivity index (χ3v) is 2.27. The van der Waals surface area contributed by atoms with Crippen molar-refractivity contribution in [3.63, 3.8) is 0 Å². The van der Waals surface area contributed by atoms with E-state index in [4.69, 9.17) is 0 Å². The average molecular weight is 235 g/mol. The smallest absolute Gasteiger partial charge is 0.337 e. The van der Waals surface area contributed by atoms with Gasteiger partial charge in [0.1, 0.15) is 5.82 Å². The molecule has 0 atom stereocenters. The Morgan fingerprint density at radius 1 is 1.38 bits per heavy atom. The number of alkyl halides is 3. The molecule has 0 saturated carbocycles. The van der Waals surface area contributed by atoms with Gasteiger partial charge in [-0.3, -0.25) is 0 Å². The minimum atomic E-state index is -4.03. The van der Waals surface area contributed by atoms with Crippen molar-refractivity contribution in [2.24, 2.45) is 7.05 Å². The first-order chi connectivity index (χ1) is 7.49. The Bertz CT molecular complexity index is 307. The van der Waals surface area contributed by atoms with Gasteiger partial charge >= 0.3 is 6.18 Å². The Kier molecular flexibility index (Phi) is 4.79. The van der Waals surface area contributed by atoms with Gasteiger partial charge in [-0.05, 0) is 19.4 Å². The molecule has 3 nitrogen and oxygen atoms in total. The summed E-state index contributed by atoms with van der Waals surface area (Å²) in [5.41, 5.74) is 0. The molecule has 0 bridgehead atoms. The van der Waals surface area contributed by atoms with E-state index < -0.39 is 12.6 Å². The van der Waals surface area contributed by atoms with Gasteiger partial charge in [0.15, 0.2) is 0 Å². The highest BCUT2D eigenvalue weighted by Crippen LogP contribution is 2.21. The van der Waals surface area contributed by atoms with E-state index in [-0.39, 0.29) is 6.42 Å². The first kappa shape index (κ1) is 13.0. The molecule has 1 aromatic heterocycles. The number of nitrogens with one attached hydrogen (secondary N) is 1. The summed E-state index contributed by atoms with van der Waals surface area (Å²) < 4.78 is 37.3. The number of imidazole rings is 1. The van der Waals surface area contributed by atoms with E-state index in [1.807, 2.05) is 17.8 Å². The highest BCUT2D eigenvalue weighted by Gasteiger charge is 2.25. The molecule has 0 fully saturated rings. The molecule has 16 heavy (non-hydrogen) atoms. The van der Waals surface area contributed by atoms with Gasteiger partial charge < -0.3 is 9.88 Å². The SMILES string of the molecule is Cn1ccnc1CNCCCCC(F)(F)F. The van der Waals surface area contributed by atoms with Crippen LogP contribution >= 0.6 is 0 Å². The molecule has 0 unspecified atom stereocenters. The van der Waals surface area contributed by atoms with Gasteiger partial charge in [0.2, 0.25) is 0 Å². The summed E-state index contributed by atoms with van der Waals surface area (Å²) in [6.45, 7) is 1.18. The maximum absolute atomic E-state index is 11.8. The molecule has 6 heteroatoms. The molecule has 1 rings (SSSR count). The van der Waals surface area contributed by atoms with E-state index in [0.717, 1.165) is 5.82 Å². The number of hydrogen-bond donors (Lipinski definition) is 1. The van der Waals surface area contributed by atoms with Crippen LogP contribution in [0.2, 0.25) is 0 Å². The zero-order valence-corrected chi connectivity index (χ0v) is 9.22. The molecular weight excluding hydrogens is 219 g/mol. The number of rotatable bonds is 6. The maximum Gasteiger partial charge on any atom is 0.389 e. The van der Waals surface area contributed by atoms with Gasteiger partial charge in [0, 0.05) is 25.9 Å². The first-order valence-corrected chi connectivity index (χ1v) is 5.23. The minimum Gasteiger partial charge on any atom is -0.337 e. The van der Waals surface area contributed by atoms with E-state index in [2.05, 4.69) is 10.3 Å². The zero-order chi connectivity index (χ0) is 12.0. The van der Waals surface area contributed by atoms with Crippen molar-refractivity contribution in [3.8, 4) is 0 Å². The number of aryl methyl sites for hydroxylation is 1. The van der Waals surface area contributed by atoms with Crippen molar-refractivity contribution in [1.29, 1.82) is 0 Å². The van der Waals surface area contributed by atoms with Crippen LogP contribution in [-0.2, 0) is 13.6 Å². The predicted molar refractivity (Wildman–Crippen MR) is 54.8 cm³/mol. The molecule has 1 N–H and O–H groups in total. The zero-order valence-electron chi connectivity index (χ0n) is 9.22. The quantitative estimate of drug-likeness (QED) is 0.766. The number of halogens is 3. The lowest BCUT2D eigenvalue weighted by atomic mass is 10.2. The van der Waals surface area contributed by atoms with Gasteiger partial charge in [0.25, 0.3) is 0 Å². The third kappa shape index (κ3) is 5.16. The molecule has 1 aromatic rings. The molecule has 0 aliphatic rings. The van der Waals surface area contributed by atoms with Crippen LogP contribution < -0.4 is 5.32 Å². The lowest BCUT2D eigenvalue weighted by Gasteiger charge is -2.07. The fraction of sp³-hybridized carbons (Fsp3) is 0.700. The molecule has 0 aromatic carbocycles. The normalized spacial score (nSPS) is 12.0. The lowest BCUT2D eigenvalue weighted by molar-refractivity contribution is -0.135. The van der Waals surface area contributed by atoms with Crippen molar-refractivity contribution < 1.29 is 13.2 Å². The largest absolute Gasteiger partial charge is 0.389 e. The van der Waals surface area contributed by atoms with Crippen LogP contribution in [0.25, 0.3) is 0 Å². The fourth-order valence-corrected chi connectivity index (χ4v) is 1.34. The van der Waals surface area contributed by atoms with Crippen LogP contribution in [0, 0.1) is 0 Å². The number of unbranched alkanes of at least 4 members (excludes halogenated alkanes) is 1. The molecular formula is C10H16F3N3. The highest BCUT2D eigenvalue weighted by molar-refractivity contribution is 4.90. The summed E-state index contributed by atoms with van der Waals surface area (Å²) in [6.07, 6.45) is -0.487. The predicted octanol–water partition coefficient (Wildman–Crippen LogP) is 2.24. The second-order valence-corrected chi connectivity index (χ2v) is 3.70. The van der Waals surface area contributed by atoms with E-state index in [1.165, 1.54) is 0 Å². The average Bonchev–Trinajstić information content (AvgIpc) is 2.56. The van der Waals surface area contributed by atoms with E-state index in [1.54, 1.807) is 6.20 Å². The second kappa shape index (κ2) is 5.89. The van der Waals surface area contributed by atoms with Gasteiger partial charge in [-0.2, -0.15) is 13.2 Å². The molecule has 0 aliphatic carbocycles. The lowest BCUT2D eigenvalue weighted by Crippen LogP contribution is -2.18. The molecule has 0 amide bonds. The van der Waals surface area contributed by atoms with Crippen molar-refractivity contribution in [1.82, 2.24) is 14.9 Å². The van der Waals surface area contributed by atoms with E-state index in [9.17, 15) is 13.2 Å². The number of hydrogen-bond acceptors (Lipinski definition) is 2. The summed E-state index contributed by atoms with van der Waals surface area (Å²) in [7, 11) is 1.88. The number of nitrogens with zero attached hydrogens (tertiary/aromatic N) is 2. The van der Waals surface area contributed by atoms with Crippen molar-refractivity contribution in [2.45, 2.75) is 32.0 Å². The van der Waals surface area contributed by atoms with Crippen LogP contribution in [0.5, 0.6) is 0 Å². The maximum atomic E-state index is 11.8. The summed E-state index contributed by atoms with van der Waals surface area (Å²) in [4.78, 5) is 4.09. The van der Waals surface area contributed by atoms with Crippen molar-refractivity contribution >= 4 is 0 Å². The standard InChI is InChI=1S/C10H16F3N3/c1-16-7-6-15-9(16)8-14-5-3-2-4-10(11,12)13/h6-7,14H,2-5,8H2,1H3. The third-order valence-electron chi connectivity index (χ3n) is 2.27. The second-order valence-electron chi connectivity index (χ2n) is 3.70. The van der Waals surface area contributed by atoms with E-state index >= 15 is 0 Å². The Labute approximate surface area is 92.7 Å². The Morgan fingerprint density at radius 2 is 2.12 bits per heavy atom. The molecule has 0 aliphatic heterocycles. The van der Waals surface area contributed by atoms with Gasteiger partial charge in [0.05, 0.1) is 6.54 Å². The summed E-state index contributed by atoms with van der Waals surface area (Å²) >= 11 is 0. The Hall–Kier alpha value is -1.04. The van der Waals surface area contributed by atoms with Crippen molar-refractivity contribution in [2.75, 3.05) is 6.54 Å². The van der Waals surface area contributed by atoms with Gasteiger partial charge in [-0.15, -0.1) is 0 Å².